The van der Waals surface area contributed by atoms with E-state index in [-0.39, 0.29) is 18.9 Å². The summed E-state index contributed by atoms with van der Waals surface area (Å²) < 4.78 is 0. The average Bonchev–Trinajstić information content (AvgIpc) is 3.09. The molecule has 6 amide bonds. The highest BCUT2D eigenvalue weighted by atomic mass is 16.2. The molecule has 10 nitrogen and oxygen atoms in total. The summed E-state index contributed by atoms with van der Waals surface area (Å²) in [6.07, 6.45) is 2.10. The minimum atomic E-state index is -1.13. The van der Waals surface area contributed by atoms with Gasteiger partial charge in [0.25, 0.3) is 5.91 Å². The van der Waals surface area contributed by atoms with Crippen molar-refractivity contribution >= 4 is 35.3 Å². The lowest BCUT2D eigenvalue weighted by Crippen LogP contribution is -2.47. The first-order valence-corrected chi connectivity index (χ1v) is 11.9. The molecule has 188 valence electrons. The van der Waals surface area contributed by atoms with Crippen molar-refractivity contribution in [1.29, 1.82) is 0 Å². The van der Waals surface area contributed by atoms with E-state index in [9.17, 15) is 24.0 Å². The van der Waals surface area contributed by atoms with Gasteiger partial charge in [-0.05, 0) is 61.6 Å². The van der Waals surface area contributed by atoms with Crippen molar-refractivity contribution in [3.63, 3.8) is 0 Å². The predicted molar refractivity (Wildman–Crippen MR) is 132 cm³/mol. The van der Waals surface area contributed by atoms with Crippen LogP contribution in [0.5, 0.6) is 0 Å². The van der Waals surface area contributed by atoms with Crippen LogP contribution in [0.25, 0.3) is 0 Å². The summed E-state index contributed by atoms with van der Waals surface area (Å²) in [6, 6.07) is 13.1. The van der Waals surface area contributed by atoms with Gasteiger partial charge in [0.05, 0.1) is 0 Å². The number of primary amides is 1. The van der Waals surface area contributed by atoms with Crippen molar-refractivity contribution in [3.8, 4) is 0 Å². The predicted octanol–water partition coefficient (Wildman–Crippen LogP) is 1.75. The number of hydrogen-bond acceptors (Lipinski definition) is 5. The van der Waals surface area contributed by atoms with E-state index >= 15 is 0 Å². The third-order valence-electron chi connectivity index (χ3n) is 6.74. The summed E-state index contributed by atoms with van der Waals surface area (Å²) in [5.74, 6) is -1.71. The van der Waals surface area contributed by atoms with E-state index in [1.807, 2.05) is 24.3 Å². The van der Waals surface area contributed by atoms with Crippen molar-refractivity contribution in [2.24, 2.45) is 5.73 Å². The van der Waals surface area contributed by atoms with E-state index in [1.165, 1.54) is 17.0 Å². The average molecular weight is 492 g/mol. The molecule has 1 heterocycles. The zero-order chi connectivity index (χ0) is 25.9. The van der Waals surface area contributed by atoms with Crippen LogP contribution in [-0.4, -0.2) is 59.1 Å². The Morgan fingerprint density at radius 1 is 1.11 bits per heavy atom. The van der Waals surface area contributed by atoms with Crippen molar-refractivity contribution in [1.82, 2.24) is 15.1 Å². The summed E-state index contributed by atoms with van der Waals surface area (Å²) in [4.78, 5) is 65.1. The summed E-state index contributed by atoms with van der Waals surface area (Å²) in [7, 11) is 0. The summed E-state index contributed by atoms with van der Waals surface area (Å²) in [5, 5.41) is 5.55. The fourth-order valence-electron chi connectivity index (χ4n) is 4.83. The molecular formula is C26H29N5O5. The number of fused-ring (bicyclic) bond motifs is 2. The number of anilines is 1. The van der Waals surface area contributed by atoms with Crippen LogP contribution in [0.15, 0.2) is 48.5 Å². The Morgan fingerprint density at radius 3 is 2.53 bits per heavy atom. The van der Waals surface area contributed by atoms with Crippen LogP contribution in [0, 0.1) is 0 Å². The van der Waals surface area contributed by atoms with Crippen molar-refractivity contribution in [3.05, 3.63) is 65.2 Å². The van der Waals surface area contributed by atoms with Crippen LogP contribution in [0.1, 0.15) is 47.7 Å². The number of nitrogens with two attached hydrogens (primary N) is 1. The quantitative estimate of drug-likeness (QED) is 0.482. The standard InChI is InChI=1S/C26H29N5O5/c1-2-30(15-13-21(32)28-19-11-9-18(10-12-19)23(27)34)22(33)16-31-24(35)26(29-25(31)36)14-5-7-17-6-3-4-8-20(17)26/h3-4,6,8-12H,2,5,7,13-16H2,1H3,(H2,27,34)(H,28,32)(H,29,36). The first kappa shape index (κ1) is 24.9. The zero-order valence-electron chi connectivity index (χ0n) is 20.1. The lowest BCUT2D eigenvalue weighted by molar-refractivity contribution is -0.139. The van der Waals surface area contributed by atoms with E-state index in [2.05, 4.69) is 10.6 Å². The zero-order valence-corrected chi connectivity index (χ0v) is 20.1. The molecule has 2 aliphatic rings. The van der Waals surface area contributed by atoms with Crippen LogP contribution in [0.2, 0.25) is 0 Å². The van der Waals surface area contributed by atoms with E-state index in [1.54, 1.807) is 19.1 Å². The Balaban J connectivity index is 1.36. The number of carbonyl (C=O) groups excluding carboxylic acids is 5. The highest BCUT2D eigenvalue weighted by molar-refractivity contribution is 6.09. The fourth-order valence-corrected chi connectivity index (χ4v) is 4.83. The lowest BCUT2D eigenvalue weighted by Gasteiger charge is -2.33. The summed E-state index contributed by atoms with van der Waals surface area (Å²) in [6.45, 7) is 1.82. The maximum Gasteiger partial charge on any atom is 0.325 e. The maximum atomic E-state index is 13.4. The number of amides is 6. The van der Waals surface area contributed by atoms with Crippen molar-refractivity contribution in [2.75, 3.05) is 25.0 Å². The van der Waals surface area contributed by atoms with Crippen LogP contribution in [0.4, 0.5) is 10.5 Å². The Kier molecular flexibility index (Phi) is 7.05. The molecule has 0 bridgehead atoms. The molecule has 1 unspecified atom stereocenters. The number of hydrogen-bond donors (Lipinski definition) is 3. The number of urea groups is 1. The maximum absolute atomic E-state index is 13.4. The second kappa shape index (κ2) is 10.2. The molecule has 1 saturated heterocycles. The van der Waals surface area contributed by atoms with Gasteiger partial charge >= 0.3 is 6.03 Å². The first-order valence-electron chi connectivity index (χ1n) is 11.9. The van der Waals surface area contributed by atoms with Crippen LogP contribution < -0.4 is 16.4 Å². The van der Waals surface area contributed by atoms with E-state index in [0.717, 1.165) is 28.9 Å². The van der Waals surface area contributed by atoms with Crippen LogP contribution in [-0.2, 0) is 26.3 Å². The molecule has 1 aliphatic carbocycles. The van der Waals surface area contributed by atoms with E-state index < -0.39 is 35.8 Å². The Hall–Kier alpha value is -4.21. The number of benzene rings is 2. The first-order chi connectivity index (χ1) is 17.2. The Labute approximate surface area is 208 Å². The normalized spacial score (nSPS) is 18.5. The monoisotopic (exact) mass is 491 g/mol. The summed E-state index contributed by atoms with van der Waals surface area (Å²) >= 11 is 0. The fraction of sp³-hybridized carbons (Fsp3) is 0.346. The molecule has 1 spiro atoms. The second-order valence-electron chi connectivity index (χ2n) is 8.95. The van der Waals surface area contributed by atoms with Crippen molar-refractivity contribution in [2.45, 2.75) is 38.1 Å². The number of carbonyl (C=O) groups is 5. The number of likely N-dealkylation sites (N-methyl/N-ethyl adjacent to an activating group) is 1. The highest BCUT2D eigenvalue weighted by Crippen LogP contribution is 2.39. The Bertz CT molecular complexity index is 1210. The smallest absolute Gasteiger partial charge is 0.325 e. The molecule has 1 aliphatic heterocycles. The van der Waals surface area contributed by atoms with Gasteiger partial charge in [-0.25, -0.2) is 4.79 Å². The number of imide groups is 1. The van der Waals surface area contributed by atoms with Gasteiger partial charge in [-0.1, -0.05) is 24.3 Å². The molecule has 4 rings (SSSR count). The van der Waals surface area contributed by atoms with Gasteiger partial charge in [-0.3, -0.25) is 24.1 Å². The molecule has 0 aromatic heterocycles. The van der Waals surface area contributed by atoms with E-state index in [0.29, 0.717) is 24.2 Å². The molecule has 36 heavy (non-hydrogen) atoms. The van der Waals surface area contributed by atoms with Gasteiger partial charge in [-0.2, -0.15) is 0 Å². The van der Waals surface area contributed by atoms with Gasteiger partial charge < -0.3 is 21.3 Å². The topological polar surface area (TPSA) is 142 Å². The molecule has 1 fully saturated rings. The molecule has 1 atom stereocenters. The minimum absolute atomic E-state index is 0.0224. The number of aryl methyl sites for hydroxylation is 1. The minimum Gasteiger partial charge on any atom is -0.366 e. The Morgan fingerprint density at radius 2 is 1.83 bits per heavy atom. The van der Waals surface area contributed by atoms with Gasteiger partial charge in [0.2, 0.25) is 17.7 Å². The van der Waals surface area contributed by atoms with Gasteiger partial charge in [0.15, 0.2) is 0 Å². The molecule has 0 radical (unpaired) electrons. The highest BCUT2D eigenvalue weighted by Gasteiger charge is 2.54. The molecule has 10 heteroatoms. The molecule has 2 aromatic rings. The SMILES string of the molecule is CCN(CCC(=O)Nc1ccc(C(N)=O)cc1)C(=O)CN1C(=O)NC2(CCCc3ccccc32)C1=O. The summed E-state index contributed by atoms with van der Waals surface area (Å²) in [5.41, 5.74) is 6.72. The van der Waals surface area contributed by atoms with Crippen molar-refractivity contribution < 1.29 is 24.0 Å². The van der Waals surface area contributed by atoms with Gasteiger partial charge in [-0.15, -0.1) is 0 Å². The van der Waals surface area contributed by atoms with Gasteiger partial charge in [0, 0.05) is 30.8 Å². The largest absolute Gasteiger partial charge is 0.366 e. The number of nitrogens with one attached hydrogen (secondary N) is 2. The van der Waals surface area contributed by atoms with Crippen LogP contribution in [0.3, 0.4) is 0 Å². The second-order valence-corrected chi connectivity index (χ2v) is 8.95. The number of nitrogens with zero attached hydrogens (tertiary/aromatic N) is 2. The van der Waals surface area contributed by atoms with Crippen LogP contribution >= 0.6 is 0 Å². The molecule has 0 saturated carbocycles. The van der Waals surface area contributed by atoms with E-state index in [4.69, 9.17) is 5.73 Å². The molecule has 2 aromatic carbocycles. The molecular weight excluding hydrogens is 462 g/mol. The third kappa shape index (κ3) is 4.79. The third-order valence-corrected chi connectivity index (χ3v) is 6.74. The van der Waals surface area contributed by atoms with Gasteiger partial charge in [0.1, 0.15) is 12.1 Å². The number of rotatable bonds is 8. The molecule has 4 N–H and O–H groups in total. The lowest BCUT2D eigenvalue weighted by atomic mass is 9.76.